The van der Waals surface area contributed by atoms with Gasteiger partial charge in [-0.1, -0.05) is 6.42 Å². The van der Waals surface area contributed by atoms with Gasteiger partial charge < -0.3 is 14.8 Å². The van der Waals surface area contributed by atoms with E-state index >= 15 is 0 Å². The lowest BCUT2D eigenvalue weighted by Gasteiger charge is -2.17. The molecule has 0 spiro atoms. The molecule has 1 amide bonds. The Balaban J connectivity index is 3.69. The van der Waals surface area contributed by atoms with Gasteiger partial charge in [0.15, 0.2) is 0 Å². The third-order valence-electron chi connectivity index (χ3n) is 2.44. The zero-order chi connectivity index (χ0) is 15.6. The third-order valence-corrected chi connectivity index (χ3v) is 2.44. The van der Waals surface area contributed by atoms with Crippen LogP contribution in [0.4, 0.5) is 4.79 Å². The second kappa shape index (κ2) is 9.64. The maximum Gasteiger partial charge on any atom is 0.434 e. The first kappa shape index (κ1) is 18.8. The molecule has 0 aromatic heterocycles. The summed E-state index contributed by atoms with van der Waals surface area (Å²) in [6, 6.07) is 0. The molecule has 0 aliphatic carbocycles. The number of ketones is 1. The third kappa shape index (κ3) is 13.2. The summed E-state index contributed by atoms with van der Waals surface area (Å²) in [5.74, 6) is 0.248. The van der Waals surface area contributed by atoms with Gasteiger partial charge in [-0.3, -0.25) is 0 Å². The summed E-state index contributed by atoms with van der Waals surface area (Å²) in [4.78, 5) is 26.1. The number of carbonyl (C=O) groups is 2. The fourth-order valence-corrected chi connectivity index (χ4v) is 1.55. The number of aliphatic imine (C=N–C) groups is 1. The van der Waals surface area contributed by atoms with E-state index in [0.717, 1.165) is 25.8 Å². The highest BCUT2D eigenvalue weighted by Crippen LogP contribution is 2.07. The smallest absolute Gasteiger partial charge is 0.434 e. The molecular formula is C15H28N2O3. The average Bonchev–Trinajstić information content (AvgIpc) is 2.24. The van der Waals surface area contributed by atoms with E-state index in [0.29, 0.717) is 18.7 Å². The van der Waals surface area contributed by atoms with Gasteiger partial charge in [0.05, 0.1) is 0 Å². The summed E-state index contributed by atoms with van der Waals surface area (Å²) >= 11 is 0. The van der Waals surface area contributed by atoms with Gasteiger partial charge in [-0.05, 0) is 54.0 Å². The lowest BCUT2D eigenvalue weighted by Crippen LogP contribution is -2.25. The highest BCUT2D eigenvalue weighted by molar-refractivity contribution is 5.93. The summed E-state index contributed by atoms with van der Waals surface area (Å²) in [7, 11) is 0. The zero-order valence-corrected chi connectivity index (χ0v) is 13.4. The monoisotopic (exact) mass is 284 g/mol. The summed E-state index contributed by atoms with van der Waals surface area (Å²) in [6.45, 7) is 10.3. The molecule has 116 valence electrons. The number of amides is 1. The molecule has 0 atom stereocenters. The van der Waals surface area contributed by atoms with Crippen LogP contribution in [0.15, 0.2) is 4.99 Å². The predicted molar refractivity (Wildman–Crippen MR) is 81.4 cm³/mol. The first-order valence-corrected chi connectivity index (χ1v) is 7.18. The van der Waals surface area contributed by atoms with Gasteiger partial charge >= 0.3 is 6.09 Å². The van der Waals surface area contributed by atoms with Crippen molar-refractivity contribution in [2.24, 2.45) is 4.99 Å². The molecule has 0 aliphatic rings. The first-order valence-electron chi connectivity index (χ1n) is 7.18. The van der Waals surface area contributed by atoms with Crippen molar-refractivity contribution in [3.8, 4) is 0 Å². The van der Waals surface area contributed by atoms with E-state index in [1.54, 1.807) is 13.8 Å². The number of hydrogen-bond donors (Lipinski definition) is 1. The number of rotatable bonds is 8. The van der Waals surface area contributed by atoms with Crippen molar-refractivity contribution in [3.05, 3.63) is 0 Å². The molecule has 1 N–H and O–H groups in total. The second-order valence-corrected chi connectivity index (χ2v) is 6.02. The van der Waals surface area contributed by atoms with Crippen molar-refractivity contribution in [2.45, 2.75) is 65.9 Å². The van der Waals surface area contributed by atoms with E-state index in [2.05, 4.69) is 10.3 Å². The number of unbranched alkanes of at least 4 members (excludes halogenated alkanes) is 2. The summed E-state index contributed by atoms with van der Waals surface area (Å²) in [6.07, 6.45) is 3.13. The van der Waals surface area contributed by atoms with Crippen LogP contribution in [0.2, 0.25) is 0 Å². The lowest BCUT2D eigenvalue weighted by atomic mass is 10.1. The van der Waals surface area contributed by atoms with Crippen LogP contribution >= 0.6 is 0 Å². The SMILES string of the molecule is CC(=O)CCCCCNCC(C)=NC(=O)OC(C)(C)C. The van der Waals surface area contributed by atoms with E-state index in [-0.39, 0.29) is 5.78 Å². The Labute approximate surface area is 122 Å². The molecule has 0 fully saturated rings. The maximum atomic E-state index is 11.4. The molecule has 0 unspecified atom stereocenters. The van der Waals surface area contributed by atoms with Gasteiger partial charge in [-0.2, -0.15) is 4.99 Å². The first-order chi connectivity index (χ1) is 9.20. The van der Waals surface area contributed by atoms with Crippen molar-refractivity contribution >= 4 is 17.6 Å². The van der Waals surface area contributed by atoms with Crippen molar-refractivity contribution in [3.63, 3.8) is 0 Å². The van der Waals surface area contributed by atoms with Gasteiger partial charge in [-0.25, -0.2) is 4.79 Å². The van der Waals surface area contributed by atoms with E-state index in [4.69, 9.17) is 4.74 Å². The predicted octanol–water partition coefficient (Wildman–Crippen LogP) is 3.12. The average molecular weight is 284 g/mol. The fourth-order valence-electron chi connectivity index (χ4n) is 1.55. The lowest BCUT2D eigenvalue weighted by molar-refractivity contribution is -0.117. The van der Waals surface area contributed by atoms with E-state index in [1.807, 2.05) is 20.8 Å². The zero-order valence-electron chi connectivity index (χ0n) is 13.4. The van der Waals surface area contributed by atoms with Gasteiger partial charge in [0.2, 0.25) is 0 Å². The van der Waals surface area contributed by atoms with Gasteiger partial charge in [-0.15, -0.1) is 0 Å². The number of ether oxygens (including phenoxy) is 1. The van der Waals surface area contributed by atoms with Crippen LogP contribution in [-0.4, -0.2) is 36.3 Å². The Morgan fingerprint density at radius 2 is 1.75 bits per heavy atom. The topological polar surface area (TPSA) is 67.8 Å². The highest BCUT2D eigenvalue weighted by atomic mass is 16.6. The number of nitrogens with zero attached hydrogens (tertiary/aromatic N) is 1. The number of nitrogens with one attached hydrogen (secondary N) is 1. The molecule has 0 aromatic carbocycles. The van der Waals surface area contributed by atoms with Crippen molar-refractivity contribution in [2.75, 3.05) is 13.1 Å². The van der Waals surface area contributed by atoms with Crippen LogP contribution in [0.1, 0.15) is 60.3 Å². The van der Waals surface area contributed by atoms with Crippen molar-refractivity contribution < 1.29 is 14.3 Å². The molecule has 0 saturated carbocycles. The normalized spacial score (nSPS) is 12.3. The van der Waals surface area contributed by atoms with Crippen LogP contribution < -0.4 is 5.32 Å². The quantitative estimate of drug-likeness (QED) is 0.549. The summed E-state index contributed by atoms with van der Waals surface area (Å²) < 4.78 is 5.10. The van der Waals surface area contributed by atoms with Crippen LogP contribution in [0.25, 0.3) is 0 Å². The standard InChI is InChI=1S/C15H28N2O3/c1-12(17-14(19)20-15(3,4)5)11-16-10-8-6-7-9-13(2)18/h16H,6-11H2,1-5H3. The molecule has 5 heteroatoms. The summed E-state index contributed by atoms with van der Waals surface area (Å²) in [5, 5.41) is 3.22. The summed E-state index contributed by atoms with van der Waals surface area (Å²) in [5.41, 5.74) is 0.202. The van der Waals surface area contributed by atoms with Gasteiger partial charge in [0, 0.05) is 18.7 Å². The molecule has 0 aliphatic heterocycles. The van der Waals surface area contributed by atoms with Crippen LogP contribution in [-0.2, 0) is 9.53 Å². The molecule has 0 aromatic rings. The second-order valence-electron chi connectivity index (χ2n) is 6.02. The Hall–Kier alpha value is -1.23. The molecular weight excluding hydrogens is 256 g/mol. The molecule has 0 heterocycles. The van der Waals surface area contributed by atoms with E-state index < -0.39 is 11.7 Å². The molecule has 20 heavy (non-hydrogen) atoms. The Bertz CT molecular complexity index is 344. The molecule has 5 nitrogen and oxygen atoms in total. The molecule has 0 saturated heterocycles. The highest BCUT2D eigenvalue weighted by Gasteiger charge is 2.15. The minimum absolute atomic E-state index is 0.248. The maximum absolute atomic E-state index is 11.4. The Morgan fingerprint density at radius 1 is 1.10 bits per heavy atom. The van der Waals surface area contributed by atoms with Gasteiger partial charge in [0.25, 0.3) is 0 Å². The number of hydrogen-bond acceptors (Lipinski definition) is 4. The van der Waals surface area contributed by atoms with Crippen LogP contribution in [0.3, 0.4) is 0 Å². The minimum Gasteiger partial charge on any atom is -0.442 e. The van der Waals surface area contributed by atoms with E-state index in [1.165, 1.54) is 0 Å². The minimum atomic E-state index is -0.543. The molecule has 0 rings (SSSR count). The van der Waals surface area contributed by atoms with Crippen molar-refractivity contribution in [1.82, 2.24) is 5.32 Å². The largest absolute Gasteiger partial charge is 0.442 e. The molecule has 0 bridgehead atoms. The molecule has 0 radical (unpaired) electrons. The Morgan fingerprint density at radius 3 is 2.30 bits per heavy atom. The van der Waals surface area contributed by atoms with E-state index in [9.17, 15) is 9.59 Å². The Kier molecular flexibility index (Phi) is 9.05. The van der Waals surface area contributed by atoms with Crippen LogP contribution in [0, 0.1) is 0 Å². The van der Waals surface area contributed by atoms with Gasteiger partial charge in [0.1, 0.15) is 11.4 Å². The van der Waals surface area contributed by atoms with Crippen LogP contribution in [0.5, 0.6) is 0 Å². The fraction of sp³-hybridized carbons (Fsp3) is 0.800. The number of Topliss-reactive ketones (excluding diaryl/α,β-unsaturated/α-hetero) is 1. The number of carbonyl (C=O) groups excluding carboxylic acids is 2. The van der Waals surface area contributed by atoms with Crippen molar-refractivity contribution in [1.29, 1.82) is 0 Å².